The van der Waals surface area contributed by atoms with Crippen molar-refractivity contribution in [1.29, 1.82) is 0 Å². The highest BCUT2D eigenvalue weighted by atomic mass is 16.6. The number of benzene rings is 2. The summed E-state index contributed by atoms with van der Waals surface area (Å²) in [4.78, 5) is 11.9. The lowest BCUT2D eigenvalue weighted by atomic mass is 10.1. The highest BCUT2D eigenvalue weighted by Gasteiger charge is 2.09. The molecule has 0 bridgehead atoms. The van der Waals surface area contributed by atoms with Gasteiger partial charge in [0.2, 0.25) is 0 Å². The Morgan fingerprint density at radius 3 is 2.30 bits per heavy atom. The molecule has 0 heterocycles. The van der Waals surface area contributed by atoms with Gasteiger partial charge >= 0.3 is 5.97 Å². The summed E-state index contributed by atoms with van der Waals surface area (Å²) in [6, 6.07) is 17.1. The molecule has 0 saturated carbocycles. The molecule has 0 amide bonds. The van der Waals surface area contributed by atoms with Gasteiger partial charge in [0.25, 0.3) is 0 Å². The summed E-state index contributed by atoms with van der Waals surface area (Å²) in [5.41, 5.74) is 1.13. The molecule has 20 heavy (non-hydrogen) atoms. The zero-order valence-electron chi connectivity index (χ0n) is 11.5. The Kier molecular flexibility index (Phi) is 5.18. The molecule has 0 aromatic heterocycles. The van der Waals surface area contributed by atoms with Crippen LogP contribution in [0.5, 0.6) is 11.5 Å². The summed E-state index contributed by atoms with van der Waals surface area (Å²) in [6.07, 6.45) is 1.03. The smallest absolute Gasteiger partial charge is 0.311 e. The monoisotopic (exact) mass is 270 g/mol. The SMILES string of the molecule is CCOc1ccccc1OC(=O)CCc1ccccc1. The Hall–Kier alpha value is -2.29. The first-order valence-electron chi connectivity index (χ1n) is 6.76. The summed E-state index contributed by atoms with van der Waals surface area (Å²) in [7, 11) is 0. The fraction of sp³-hybridized carbons (Fsp3) is 0.235. The fourth-order valence-corrected chi connectivity index (χ4v) is 1.87. The van der Waals surface area contributed by atoms with Crippen LogP contribution in [0.2, 0.25) is 0 Å². The van der Waals surface area contributed by atoms with E-state index in [1.165, 1.54) is 0 Å². The molecule has 0 spiro atoms. The van der Waals surface area contributed by atoms with Gasteiger partial charge in [0.05, 0.1) is 6.61 Å². The summed E-state index contributed by atoms with van der Waals surface area (Å²) >= 11 is 0. The Labute approximate surface area is 119 Å². The number of ether oxygens (including phenoxy) is 2. The van der Waals surface area contributed by atoms with Gasteiger partial charge in [0, 0.05) is 6.42 Å². The van der Waals surface area contributed by atoms with Crippen molar-refractivity contribution >= 4 is 5.97 Å². The second-order valence-electron chi connectivity index (χ2n) is 4.34. The third-order valence-corrected chi connectivity index (χ3v) is 2.83. The maximum atomic E-state index is 11.9. The molecule has 3 heteroatoms. The molecule has 0 aliphatic rings. The van der Waals surface area contributed by atoms with E-state index in [0.717, 1.165) is 5.56 Å². The molecule has 2 aromatic carbocycles. The van der Waals surface area contributed by atoms with Crippen molar-refractivity contribution in [3.63, 3.8) is 0 Å². The van der Waals surface area contributed by atoms with Crippen molar-refractivity contribution in [2.45, 2.75) is 19.8 Å². The molecule has 0 unspecified atom stereocenters. The maximum absolute atomic E-state index is 11.9. The van der Waals surface area contributed by atoms with E-state index in [1.54, 1.807) is 12.1 Å². The number of carbonyl (C=O) groups excluding carboxylic acids is 1. The molecule has 0 fully saturated rings. The highest BCUT2D eigenvalue weighted by Crippen LogP contribution is 2.26. The molecule has 0 atom stereocenters. The zero-order chi connectivity index (χ0) is 14.2. The number of carbonyl (C=O) groups is 1. The van der Waals surface area contributed by atoms with Crippen LogP contribution in [0.1, 0.15) is 18.9 Å². The Balaban J connectivity index is 1.91. The van der Waals surface area contributed by atoms with Gasteiger partial charge in [-0.1, -0.05) is 42.5 Å². The van der Waals surface area contributed by atoms with Crippen LogP contribution in [-0.2, 0) is 11.2 Å². The van der Waals surface area contributed by atoms with Crippen molar-refractivity contribution < 1.29 is 14.3 Å². The minimum absolute atomic E-state index is 0.249. The highest BCUT2D eigenvalue weighted by molar-refractivity contribution is 5.73. The quantitative estimate of drug-likeness (QED) is 0.594. The first-order valence-corrected chi connectivity index (χ1v) is 6.76. The third kappa shape index (κ3) is 4.12. The standard InChI is InChI=1S/C17H18O3/c1-2-19-15-10-6-7-11-16(15)20-17(18)13-12-14-8-4-3-5-9-14/h3-11H,2,12-13H2,1H3. The lowest BCUT2D eigenvalue weighted by Gasteiger charge is -2.10. The van der Waals surface area contributed by atoms with Crippen LogP contribution < -0.4 is 9.47 Å². The van der Waals surface area contributed by atoms with E-state index in [9.17, 15) is 4.79 Å². The van der Waals surface area contributed by atoms with Gasteiger partial charge in [-0.15, -0.1) is 0 Å². The van der Waals surface area contributed by atoms with E-state index in [-0.39, 0.29) is 5.97 Å². The normalized spacial score (nSPS) is 10.1. The minimum atomic E-state index is -0.249. The Bertz CT molecular complexity index is 549. The fourth-order valence-electron chi connectivity index (χ4n) is 1.87. The third-order valence-electron chi connectivity index (χ3n) is 2.83. The van der Waals surface area contributed by atoms with E-state index >= 15 is 0 Å². The molecule has 0 N–H and O–H groups in total. The van der Waals surface area contributed by atoms with Gasteiger partial charge in [-0.25, -0.2) is 0 Å². The van der Waals surface area contributed by atoms with Crippen LogP contribution in [0.3, 0.4) is 0 Å². The van der Waals surface area contributed by atoms with Crippen molar-refractivity contribution in [2.75, 3.05) is 6.61 Å². The Morgan fingerprint density at radius 1 is 0.950 bits per heavy atom. The first-order chi connectivity index (χ1) is 9.79. The van der Waals surface area contributed by atoms with Gasteiger partial charge in [0.1, 0.15) is 0 Å². The molecule has 2 aromatic rings. The largest absolute Gasteiger partial charge is 0.490 e. The van der Waals surface area contributed by atoms with E-state index in [0.29, 0.717) is 30.9 Å². The molecule has 3 nitrogen and oxygen atoms in total. The predicted molar refractivity (Wildman–Crippen MR) is 78.0 cm³/mol. The predicted octanol–water partition coefficient (Wildman–Crippen LogP) is 3.62. The zero-order valence-corrected chi connectivity index (χ0v) is 11.5. The van der Waals surface area contributed by atoms with Crippen molar-refractivity contribution in [3.05, 3.63) is 60.2 Å². The van der Waals surface area contributed by atoms with Crippen molar-refractivity contribution in [2.24, 2.45) is 0 Å². The van der Waals surface area contributed by atoms with E-state index in [4.69, 9.17) is 9.47 Å². The maximum Gasteiger partial charge on any atom is 0.311 e. The summed E-state index contributed by atoms with van der Waals surface area (Å²) in [5.74, 6) is 0.830. The number of para-hydroxylation sites is 2. The van der Waals surface area contributed by atoms with Crippen LogP contribution in [0, 0.1) is 0 Å². The van der Waals surface area contributed by atoms with Gasteiger partial charge in [0.15, 0.2) is 11.5 Å². The summed E-state index contributed by atoms with van der Waals surface area (Å²) in [5, 5.41) is 0. The lowest BCUT2D eigenvalue weighted by Crippen LogP contribution is -2.10. The molecule has 0 saturated heterocycles. The molecular formula is C17H18O3. The average molecular weight is 270 g/mol. The van der Waals surface area contributed by atoms with Gasteiger partial charge in [-0.3, -0.25) is 4.79 Å². The van der Waals surface area contributed by atoms with Crippen LogP contribution in [0.25, 0.3) is 0 Å². The van der Waals surface area contributed by atoms with Gasteiger partial charge < -0.3 is 9.47 Å². The number of hydrogen-bond acceptors (Lipinski definition) is 3. The molecule has 2 rings (SSSR count). The first kappa shape index (κ1) is 14.1. The Morgan fingerprint density at radius 2 is 1.60 bits per heavy atom. The van der Waals surface area contributed by atoms with Gasteiger partial charge in [-0.2, -0.15) is 0 Å². The molecule has 0 aliphatic heterocycles. The van der Waals surface area contributed by atoms with E-state index in [1.807, 2.05) is 49.4 Å². The number of hydrogen-bond donors (Lipinski definition) is 0. The second-order valence-corrected chi connectivity index (χ2v) is 4.34. The number of esters is 1. The van der Waals surface area contributed by atoms with Crippen LogP contribution in [0.4, 0.5) is 0 Å². The van der Waals surface area contributed by atoms with E-state index in [2.05, 4.69) is 0 Å². The molecular weight excluding hydrogens is 252 g/mol. The van der Waals surface area contributed by atoms with Gasteiger partial charge in [-0.05, 0) is 31.0 Å². The molecule has 104 valence electrons. The molecule has 0 radical (unpaired) electrons. The topological polar surface area (TPSA) is 35.5 Å². The van der Waals surface area contributed by atoms with Crippen LogP contribution in [-0.4, -0.2) is 12.6 Å². The van der Waals surface area contributed by atoms with E-state index < -0.39 is 0 Å². The number of aryl methyl sites for hydroxylation is 1. The lowest BCUT2D eigenvalue weighted by molar-refractivity contribution is -0.134. The van der Waals surface area contributed by atoms with Crippen LogP contribution >= 0.6 is 0 Å². The molecule has 0 aliphatic carbocycles. The summed E-state index contributed by atoms with van der Waals surface area (Å²) < 4.78 is 10.8. The van der Waals surface area contributed by atoms with Crippen molar-refractivity contribution in [3.8, 4) is 11.5 Å². The van der Waals surface area contributed by atoms with Crippen LogP contribution in [0.15, 0.2) is 54.6 Å². The minimum Gasteiger partial charge on any atom is -0.490 e. The van der Waals surface area contributed by atoms with Crippen molar-refractivity contribution in [1.82, 2.24) is 0 Å². The number of rotatable bonds is 6. The second kappa shape index (κ2) is 7.34. The average Bonchev–Trinajstić information content (AvgIpc) is 2.49. The summed E-state index contributed by atoms with van der Waals surface area (Å²) in [6.45, 7) is 2.44.